The zero-order valence-corrected chi connectivity index (χ0v) is 21.9. The summed E-state index contributed by atoms with van der Waals surface area (Å²) in [6.07, 6.45) is 9.53. The van der Waals surface area contributed by atoms with E-state index in [2.05, 4.69) is 64.3 Å². The molecule has 0 amide bonds. The molecule has 0 aromatic heterocycles. The standard InChI is InChI=1S/C30H46NO3/c1-5-7-8-9-10-14-19-28-20-15-16-21-29(28)33-22-23-34-30(32)27(6-2)25-31(3,4)24-26-17-12-11-13-18-26/h11-13,15-18,20-21,27H,5-10,14,19,22-25H2,1-4H3/q+1. The fourth-order valence-corrected chi connectivity index (χ4v) is 4.47. The van der Waals surface area contributed by atoms with Crippen molar-refractivity contribution in [3.05, 3.63) is 65.7 Å². The van der Waals surface area contributed by atoms with Crippen LogP contribution in [0.15, 0.2) is 54.6 Å². The number of quaternary nitrogens is 1. The molecule has 0 saturated heterocycles. The molecule has 0 heterocycles. The average Bonchev–Trinajstić information content (AvgIpc) is 2.83. The normalized spacial score (nSPS) is 12.4. The molecule has 34 heavy (non-hydrogen) atoms. The summed E-state index contributed by atoms with van der Waals surface area (Å²) in [5.41, 5.74) is 2.53. The highest BCUT2D eigenvalue weighted by atomic mass is 16.6. The van der Waals surface area contributed by atoms with Gasteiger partial charge < -0.3 is 14.0 Å². The first-order chi connectivity index (χ1) is 16.4. The Kier molecular flexibility index (Phi) is 12.8. The van der Waals surface area contributed by atoms with Crippen LogP contribution >= 0.6 is 0 Å². The van der Waals surface area contributed by atoms with Crippen LogP contribution < -0.4 is 4.74 Å². The summed E-state index contributed by atoms with van der Waals surface area (Å²) in [6, 6.07) is 18.7. The van der Waals surface area contributed by atoms with E-state index < -0.39 is 0 Å². The van der Waals surface area contributed by atoms with E-state index in [4.69, 9.17) is 9.47 Å². The summed E-state index contributed by atoms with van der Waals surface area (Å²) in [5.74, 6) is 0.684. The van der Waals surface area contributed by atoms with Crippen LogP contribution in [-0.2, 0) is 22.5 Å². The van der Waals surface area contributed by atoms with Gasteiger partial charge in [0.1, 0.15) is 31.4 Å². The molecule has 0 radical (unpaired) electrons. The average molecular weight is 469 g/mol. The Bertz CT molecular complexity index is 819. The maximum absolute atomic E-state index is 12.7. The van der Waals surface area contributed by atoms with E-state index in [1.54, 1.807) is 0 Å². The highest BCUT2D eigenvalue weighted by Gasteiger charge is 2.28. The van der Waals surface area contributed by atoms with Gasteiger partial charge in [0.15, 0.2) is 0 Å². The lowest BCUT2D eigenvalue weighted by Crippen LogP contribution is -2.44. The number of unbranched alkanes of at least 4 members (excludes halogenated alkanes) is 5. The minimum atomic E-state index is -0.120. The van der Waals surface area contributed by atoms with Crippen molar-refractivity contribution in [2.24, 2.45) is 5.92 Å². The van der Waals surface area contributed by atoms with Crippen molar-refractivity contribution in [3.8, 4) is 5.75 Å². The molecule has 0 saturated carbocycles. The predicted octanol–water partition coefficient (Wildman–Crippen LogP) is 6.81. The van der Waals surface area contributed by atoms with Crippen molar-refractivity contribution in [2.45, 2.75) is 71.8 Å². The Labute approximate surface area is 207 Å². The number of hydrogen-bond acceptors (Lipinski definition) is 3. The Morgan fingerprint density at radius 1 is 0.853 bits per heavy atom. The summed E-state index contributed by atoms with van der Waals surface area (Å²) < 4.78 is 12.4. The number of esters is 1. The number of aryl methyl sites for hydroxylation is 1. The van der Waals surface area contributed by atoms with E-state index in [0.29, 0.717) is 6.61 Å². The molecule has 0 fully saturated rings. The number of carbonyl (C=O) groups excluding carboxylic acids is 1. The SMILES string of the molecule is CCCCCCCCc1ccccc1OCCOC(=O)C(CC)C[N+](C)(C)Cc1ccccc1. The predicted molar refractivity (Wildman–Crippen MR) is 141 cm³/mol. The van der Waals surface area contributed by atoms with E-state index in [1.807, 2.05) is 18.2 Å². The van der Waals surface area contributed by atoms with Crippen molar-refractivity contribution >= 4 is 5.97 Å². The number of nitrogens with zero attached hydrogens (tertiary/aromatic N) is 1. The Balaban J connectivity index is 1.74. The van der Waals surface area contributed by atoms with E-state index in [9.17, 15) is 4.79 Å². The minimum absolute atomic E-state index is 0.112. The first-order valence-corrected chi connectivity index (χ1v) is 13.2. The van der Waals surface area contributed by atoms with Gasteiger partial charge in [0.25, 0.3) is 0 Å². The smallest absolute Gasteiger partial charge is 0.314 e. The number of benzene rings is 2. The first-order valence-electron chi connectivity index (χ1n) is 13.2. The topological polar surface area (TPSA) is 35.5 Å². The molecule has 0 aliphatic heterocycles. The van der Waals surface area contributed by atoms with Crippen LogP contribution in [0.25, 0.3) is 0 Å². The minimum Gasteiger partial charge on any atom is -0.490 e. The van der Waals surface area contributed by atoms with Gasteiger partial charge in [0.05, 0.1) is 20.6 Å². The fraction of sp³-hybridized carbons (Fsp3) is 0.567. The van der Waals surface area contributed by atoms with Gasteiger partial charge in [0.2, 0.25) is 0 Å². The maximum atomic E-state index is 12.7. The molecule has 0 bridgehead atoms. The van der Waals surface area contributed by atoms with Gasteiger partial charge in [0, 0.05) is 5.56 Å². The van der Waals surface area contributed by atoms with Gasteiger partial charge in [-0.25, -0.2) is 0 Å². The number of rotatable bonds is 17. The number of hydrogen-bond donors (Lipinski definition) is 0. The molecule has 4 nitrogen and oxygen atoms in total. The van der Waals surface area contributed by atoms with Crippen LogP contribution in [0.1, 0.15) is 69.9 Å². The summed E-state index contributed by atoms with van der Waals surface area (Å²) >= 11 is 0. The van der Waals surface area contributed by atoms with E-state index in [0.717, 1.165) is 36.2 Å². The zero-order chi connectivity index (χ0) is 24.7. The molecular formula is C30H46NO3+. The molecule has 1 atom stereocenters. The van der Waals surface area contributed by atoms with Crippen LogP contribution in [0.5, 0.6) is 5.75 Å². The van der Waals surface area contributed by atoms with Gasteiger partial charge in [-0.1, -0.05) is 94.5 Å². The first kappa shape index (κ1) is 27.9. The molecule has 2 aromatic rings. The third-order valence-electron chi connectivity index (χ3n) is 6.35. The van der Waals surface area contributed by atoms with Gasteiger partial charge in [-0.3, -0.25) is 4.79 Å². The Morgan fingerprint density at radius 2 is 1.53 bits per heavy atom. The number of para-hydroxylation sites is 1. The second-order valence-electron chi connectivity index (χ2n) is 10.0. The molecule has 2 aromatic carbocycles. The van der Waals surface area contributed by atoms with E-state index in [-0.39, 0.29) is 18.5 Å². The van der Waals surface area contributed by atoms with E-state index in [1.165, 1.54) is 49.7 Å². The largest absolute Gasteiger partial charge is 0.490 e. The fourth-order valence-electron chi connectivity index (χ4n) is 4.47. The molecule has 0 aliphatic rings. The third-order valence-corrected chi connectivity index (χ3v) is 6.35. The van der Waals surface area contributed by atoms with Crippen LogP contribution in [0.4, 0.5) is 0 Å². The van der Waals surface area contributed by atoms with Gasteiger partial charge >= 0.3 is 5.97 Å². The lowest BCUT2D eigenvalue weighted by molar-refractivity contribution is -0.906. The second kappa shape index (κ2) is 15.5. The van der Waals surface area contributed by atoms with Crippen molar-refractivity contribution in [1.82, 2.24) is 0 Å². The quantitative estimate of drug-likeness (QED) is 0.145. The molecule has 0 spiro atoms. The van der Waals surface area contributed by atoms with Gasteiger partial charge in [-0.15, -0.1) is 0 Å². The van der Waals surface area contributed by atoms with Gasteiger partial charge in [-0.2, -0.15) is 0 Å². The third kappa shape index (κ3) is 10.7. The van der Waals surface area contributed by atoms with Crippen molar-refractivity contribution < 1.29 is 18.8 Å². The zero-order valence-electron chi connectivity index (χ0n) is 21.9. The van der Waals surface area contributed by atoms with E-state index >= 15 is 0 Å². The molecular weight excluding hydrogens is 422 g/mol. The highest BCUT2D eigenvalue weighted by molar-refractivity contribution is 5.72. The molecule has 0 aliphatic carbocycles. The number of ether oxygens (including phenoxy) is 2. The lowest BCUT2D eigenvalue weighted by Gasteiger charge is -2.32. The maximum Gasteiger partial charge on any atom is 0.314 e. The summed E-state index contributed by atoms with van der Waals surface area (Å²) in [6.45, 7) is 6.63. The lowest BCUT2D eigenvalue weighted by atomic mass is 10.0. The molecule has 1 unspecified atom stereocenters. The van der Waals surface area contributed by atoms with Crippen molar-refractivity contribution in [3.63, 3.8) is 0 Å². The highest BCUT2D eigenvalue weighted by Crippen LogP contribution is 2.21. The van der Waals surface area contributed by atoms with Gasteiger partial charge in [-0.05, 0) is 30.9 Å². The molecule has 0 N–H and O–H groups in total. The van der Waals surface area contributed by atoms with Crippen molar-refractivity contribution in [1.29, 1.82) is 0 Å². The Morgan fingerprint density at radius 3 is 2.26 bits per heavy atom. The summed E-state index contributed by atoms with van der Waals surface area (Å²) in [5, 5.41) is 0. The second-order valence-corrected chi connectivity index (χ2v) is 10.0. The van der Waals surface area contributed by atoms with Crippen LogP contribution in [-0.4, -0.2) is 44.3 Å². The van der Waals surface area contributed by atoms with Crippen LogP contribution in [0, 0.1) is 5.92 Å². The molecule has 4 heteroatoms. The molecule has 188 valence electrons. The van der Waals surface area contributed by atoms with Crippen LogP contribution in [0.2, 0.25) is 0 Å². The monoisotopic (exact) mass is 468 g/mol. The number of carbonyl (C=O) groups is 1. The Hall–Kier alpha value is -2.33. The summed E-state index contributed by atoms with van der Waals surface area (Å²) in [4.78, 5) is 12.7. The molecule has 2 rings (SSSR count). The van der Waals surface area contributed by atoms with Crippen molar-refractivity contribution in [2.75, 3.05) is 33.9 Å². The summed E-state index contributed by atoms with van der Waals surface area (Å²) in [7, 11) is 4.35. The van der Waals surface area contributed by atoms with Crippen LogP contribution in [0.3, 0.4) is 0 Å².